The lowest BCUT2D eigenvalue weighted by molar-refractivity contribution is -0.384. The number of carbonyl (C=O) groups is 1. The van der Waals surface area contributed by atoms with Crippen LogP contribution in [0.5, 0.6) is 0 Å². The van der Waals surface area contributed by atoms with Gasteiger partial charge in [0.1, 0.15) is 0 Å². The van der Waals surface area contributed by atoms with Crippen LogP contribution in [0.15, 0.2) is 29.3 Å². The number of nitrogens with zero attached hydrogens (tertiary/aromatic N) is 3. The van der Waals surface area contributed by atoms with Gasteiger partial charge in [-0.15, -0.1) is 24.0 Å². The van der Waals surface area contributed by atoms with Crippen LogP contribution in [0.3, 0.4) is 0 Å². The van der Waals surface area contributed by atoms with Crippen molar-refractivity contribution < 1.29 is 14.5 Å². The number of benzene rings is 1. The highest BCUT2D eigenvalue weighted by Crippen LogP contribution is 2.24. The summed E-state index contributed by atoms with van der Waals surface area (Å²) in [5.74, 6) is 0.573. The number of likely N-dealkylation sites (tertiary alicyclic amines) is 1. The molecular formula is C17H25IN4O4. The van der Waals surface area contributed by atoms with Crippen LogP contribution in [0.4, 0.5) is 5.69 Å². The molecule has 0 saturated carbocycles. The van der Waals surface area contributed by atoms with Gasteiger partial charge in [-0.1, -0.05) is 19.1 Å². The summed E-state index contributed by atoms with van der Waals surface area (Å²) in [5.41, 5.74) is 0.951. The third-order valence-electron chi connectivity index (χ3n) is 4.31. The number of guanidine groups is 1. The normalized spacial score (nSPS) is 19.7. The van der Waals surface area contributed by atoms with Gasteiger partial charge in [0.15, 0.2) is 5.96 Å². The molecule has 0 radical (unpaired) electrons. The third kappa shape index (κ3) is 5.55. The number of halogens is 1. The van der Waals surface area contributed by atoms with Crippen molar-refractivity contribution in [3.05, 3.63) is 39.9 Å². The fraction of sp³-hybridized carbons (Fsp3) is 0.529. The molecule has 144 valence electrons. The summed E-state index contributed by atoms with van der Waals surface area (Å²) in [6.07, 6.45) is 0. The molecule has 0 amide bonds. The molecule has 8 nitrogen and oxygen atoms in total. The summed E-state index contributed by atoms with van der Waals surface area (Å²) in [7, 11) is 1.41. The minimum Gasteiger partial charge on any atom is -0.469 e. The molecule has 2 atom stereocenters. The average molecular weight is 476 g/mol. The molecule has 0 aromatic heterocycles. The highest BCUT2D eigenvalue weighted by molar-refractivity contribution is 14.0. The Balaban J connectivity index is 0.00000338. The van der Waals surface area contributed by atoms with Crippen LogP contribution in [0, 0.1) is 22.0 Å². The average Bonchev–Trinajstić information content (AvgIpc) is 2.99. The number of hydrogen-bond acceptors (Lipinski definition) is 5. The molecule has 1 aliphatic rings. The molecule has 1 fully saturated rings. The van der Waals surface area contributed by atoms with E-state index < -0.39 is 4.92 Å². The first-order valence-electron chi connectivity index (χ1n) is 8.30. The van der Waals surface area contributed by atoms with Gasteiger partial charge in [0.05, 0.1) is 24.5 Å². The number of carbonyl (C=O) groups excluding carboxylic acids is 1. The fourth-order valence-corrected chi connectivity index (χ4v) is 2.91. The highest BCUT2D eigenvalue weighted by Gasteiger charge is 2.36. The topological polar surface area (TPSA) is 97.1 Å². The molecule has 1 aliphatic heterocycles. The lowest BCUT2D eigenvalue weighted by Gasteiger charge is -2.21. The zero-order valence-electron chi connectivity index (χ0n) is 15.2. The first-order valence-corrected chi connectivity index (χ1v) is 8.30. The van der Waals surface area contributed by atoms with Gasteiger partial charge in [-0.2, -0.15) is 0 Å². The van der Waals surface area contributed by atoms with Gasteiger partial charge in [0.25, 0.3) is 5.69 Å². The van der Waals surface area contributed by atoms with E-state index in [1.165, 1.54) is 19.2 Å². The summed E-state index contributed by atoms with van der Waals surface area (Å²) in [5, 5.41) is 13.9. The van der Waals surface area contributed by atoms with E-state index in [9.17, 15) is 14.9 Å². The quantitative estimate of drug-likeness (QED) is 0.175. The summed E-state index contributed by atoms with van der Waals surface area (Å²) in [6, 6.07) is 6.36. The molecule has 26 heavy (non-hydrogen) atoms. The zero-order chi connectivity index (χ0) is 18.4. The molecule has 2 rings (SSSR count). The number of methoxy groups -OCH3 is 1. The number of esters is 1. The van der Waals surface area contributed by atoms with E-state index in [1.54, 1.807) is 12.1 Å². The molecule has 9 heteroatoms. The van der Waals surface area contributed by atoms with Gasteiger partial charge >= 0.3 is 5.97 Å². The van der Waals surface area contributed by atoms with Gasteiger partial charge in [0, 0.05) is 31.8 Å². The van der Waals surface area contributed by atoms with E-state index in [0.717, 1.165) is 18.1 Å². The van der Waals surface area contributed by atoms with Crippen LogP contribution in [0.2, 0.25) is 0 Å². The number of non-ortho nitro benzene ring substituents is 1. The smallest absolute Gasteiger partial charge is 0.310 e. The van der Waals surface area contributed by atoms with Crippen molar-refractivity contribution >= 4 is 41.6 Å². The Labute approximate surface area is 170 Å². The van der Waals surface area contributed by atoms with Crippen molar-refractivity contribution in [3.63, 3.8) is 0 Å². The van der Waals surface area contributed by atoms with Gasteiger partial charge in [-0.3, -0.25) is 14.9 Å². The van der Waals surface area contributed by atoms with Crippen molar-refractivity contribution in [2.75, 3.05) is 26.7 Å². The number of hydrogen-bond donors (Lipinski definition) is 1. The third-order valence-corrected chi connectivity index (χ3v) is 4.31. The minimum atomic E-state index is -0.421. The van der Waals surface area contributed by atoms with E-state index in [4.69, 9.17) is 4.74 Å². The maximum absolute atomic E-state index is 11.9. The van der Waals surface area contributed by atoms with Gasteiger partial charge in [-0.05, 0) is 18.4 Å². The molecule has 1 heterocycles. The van der Waals surface area contributed by atoms with E-state index in [0.29, 0.717) is 19.6 Å². The summed E-state index contributed by atoms with van der Waals surface area (Å²) in [6.45, 7) is 6.44. The second-order valence-corrected chi connectivity index (χ2v) is 6.11. The molecule has 0 aliphatic carbocycles. The van der Waals surface area contributed by atoms with Gasteiger partial charge in [0.2, 0.25) is 0 Å². The second-order valence-electron chi connectivity index (χ2n) is 6.11. The Kier molecular flexibility index (Phi) is 8.76. The van der Waals surface area contributed by atoms with Crippen LogP contribution in [0.1, 0.15) is 19.4 Å². The minimum absolute atomic E-state index is 0. The Bertz CT molecular complexity index is 651. The predicted octanol–water partition coefficient (Wildman–Crippen LogP) is 2.42. The van der Waals surface area contributed by atoms with E-state index in [2.05, 4.69) is 15.2 Å². The number of nitro benzene ring substituents is 1. The number of nitrogens with one attached hydrogen (secondary N) is 1. The SMILES string of the molecule is CCNC(=NCc1ccc([N+](=O)[O-])cc1)N1CC(C)C(C(=O)OC)C1.I. The highest BCUT2D eigenvalue weighted by atomic mass is 127. The maximum Gasteiger partial charge on any atom is 0.310 e. The summed E-state index contributed by atoms with van der Waals surface area (Å²) < 4.78 is 4.87. The van der Waals surface area contributed by atoms with Crippen molar-refractivity contribution in [3.8, 4) is 0 Å². The molecule has 0 spiro atoms. The molecule has 1 aromatic carbocycles. The van der Waals surface area contributed by atoms with Crippen molar-refractivity contribution in [2.45, 2.75) is 20.4 Å². The maximum atomic E-state index is 11.9. The van der Waals surface area contributed by atoms with E-state index in [1.807, 2.05) is 13.8 Å². The standard InChI is InChI=1S/C17H24N4O4.HI/c1-4-18-17(20-10-12(2)15(11-20)16(22)25-3)19-9-13-5-7-14(8-6-13)21(23)24;/h5-8,12,15H,4,9-11H2,1-3H3,(H,18,19);1H. The molecule has 2 unspecified atom stereocenters. The largest absolute Gasteiger partial charge is 0.469 e. The summed E-state index contributed by atoms with van der Waals surface area (Å²) >= 11 is 0. The number of nitro groups is 1. The Hall–Kier alpha value is -1.91. The van der Waals surface area contributed by atoms with Crippen LogP contribution >= 0.6 is 24.0 Å². The molecular weight excluding hydrogens is 451 g/mol. The number of ether oxygens (including phenoxy) is 1. The first kappa shape index (κ1) is 22.1. The molecule has 0 bridgehead atoms. The first-order chi connectivity index (χ1) is 12.0. The van der Waals surface area contributed by atoms with Crippen molar-refractivity contribution in [2.24, 2.45) is 16.8 Å². The van der Waals surface area contributed by atoms with Crippen LogP contribution in [-0.2, 0) is 16.1 Å². The van der Waals surface area contributed by atoms with E-state index in [-0.39, 0.29) is 47.5 Å². The second kappa shape index (κ2) is 10.3. The Morgan fingerprint density at radius 2 is 2.04 bits per heavy atom. The van der Waals surface area contributed by atoms with Gasteiger partial charge < -0.3 is 15.0 Å². The van der Waals surface area contributed by atoms with Crippen LogP contribution < -0.4 is 5.32 Å². The number of rotatable bonds is 5. The molecule has 1 N–H and O–H groups in total. The number of aliphatic imine (C=N–C) groups is 1. The molecule has 1 saturated heterocycles. The Morgan fingerprint density at radius 1 is 1.38 bits per heavy atom. The van der Waals surface area contributed by atoms with Gasteiger partial charge in [-0.25, -0.2) is 4.99 Å². The van der Waals surface area contributed by atoms with Crippen molar-refractivity contribution in [1.29, 1.82) is 0 Å². The Morgan fingerprint density at radius 3 is 2.58 bits per heavy atom. The lowest BCUT2D eigenvalue weighted by atomic mass is 9.99. The van der Waals surface area contributed by atoms with Crippen molar-refractivity contribution in [1.82, 2.24) is 10.2 Å². The van der Waals surface area contributed by atoms with Crippen LogP contribution in [-0.4, -0.2) is 48.5 Å². The summed E-state index contributed by atoms with van der Waals surface area (Å²) in [4.78, 5) is 28.8. The molecule has 1 aromatic rings. The predicted molar refractivity (Wildman–Crippen MR) is 110 cm³/mol. The monoisotopic (exact) mass is 476 g/mol. The fourth-order valence-electron chi connectivity index (χ4n) is 2.91. The zero-order valence-corrected chi connectivity index (χ0v) is 17.5. The van der Waals surface area contributed by atoms with E-state index >= 15 is 0 Å². The lowest BCUT2D eigenvalue weighted by Crippen LogP contribution is -2.40. The van der Waals surface area contributed by atoms with Crippen LogP contribution in [0.25, 0.3) is 0 Å².